The van der Waals surface area contributed by atoms with E-state index in [1.807, 2.05) is 6.07 Å². The zero-order chi connectivity index (χ0) is 16.6. The van der Waals surface area contributed by atoms with Gasteiger partial charge in [0.2, 0.25) is 0 Å². The first-order chi connectivity index (χ1) is 10.4. The maximum atomic E-state index is 5.34. The molecule has 0 radical (unpaired) electrons. The number of nitrogens with one attached hydrogen (secondary N) is 1. The molecule has 22 heavy (non-hydrogen) atoms. The molecule has 1 aromatic rings. The molecule has 1 rings (SSSR count). The third-order valence-corrected chi connectivity index (χ3v) is 3.81. The van der Waals surface area contributed by atoms with Gasteiger partial charge >= 0.3 is 0 Å². The zero-order valence-electron chi connectivity index (χ0n) is 15.2. The van der Waals surface area contributed by atoms with Crippen LogP contribution in [0.2, 0.25) is 0 Å². The molecule has 0 amide bonds. The van der Waals surface area contributed by atoms with Crippen molar-refractivity contribution >= 4 is 0 Å². The molecule has 0 unspecified atom stereocenters. The highest BCUT2D eigenvalue weighted by Crippen LogP contribution is 2.27. The molecule has 0 saturated heterocycles. The van der Waals surface area contributed by atoms with Crippen LogP contribution in [0.4, 0.5) is 0 Å². The third-order valence-electron chi connectivity index (χ3n) is 3.81. The van der Waals surface area contributed by atoms with Gasteiger partial charge in [0.25, 0.3) is 0 Å². The molecule has 0 aromatic heterocycles. The van der Waals surface area contributed by atoms with Crippen LogP contribution in [-0.2, 0) is 6.42 Å². The molecule has 0 aliphatic heterocycles. The second kappa shape index (κ2) is 9.04. The summed E-state index contributed by atoms with van der Waals surface area (Å²) < 4.78 is 10.6. The van der Waals surface area contributed by atoms with Gasteiger partial charge in [-0.2, -0.15) is 0 Å². The fourth-order valence-electron chi connectivity index (χ4n) is 2.89. The van der Waals surface area contributed by atoms with Gasteiger partial charge in [-0.15, -0.1) is 0 Å². The lowest BCUT2D eigenvalue weighted by atomic mass is 9.84. The highest BCUT2D eigenvalue weighted by molar-refractivity contribution is 5.42. The number of ether oxygens (including phenoxy) is 2. The molecule has 0 bridgehead atoms. The van der Waals surface area contributed by atoms with Crippen molar-refractivity contribution in [3.63, 3.8) is 0 Å². The topological polar surface area (TPSA) is 30.5 Å². The van der Waals surface area contributed by atoms with Crippen LogP contribution in [0.5, 0.6) is 11.5 Å². The summed E-state index contributed by atoms with van der Waals surface area (Å²) in [5, 5.41) is 3.54. The van der Waals surface area contributed by atoms with Crippen molar-refractivity contribution in [3.05, 3.63) is 23.8 Å². The molecule has 0 heterocycles. The van der Waals surface area contributed by atoms with E-state index in [1.165, 1.54) is 18.4 Å². The van der Waals surface area contributed by atoms with Crippen molar-refractivity contribution in [2.75, 3.05) is 27.3 Å². The highest BCUT2D eigenvalue weighted by Gasteiger charge is 2.14. The zero-order valence-corrected chi connectivity index (χ0v) is 15.2. The van der Waals surface area contributed by atoms with E-state index < -0.39 is 0 Å². The van der Waals surface area contributed by atoms with Gasteiger partial charge in [0.15, 0.2) is 11.5 Å². The van der Waals surface area contributed by atoms with Crippen LogP contribution in [0, 0.1) is 11.3 Å². The predicted octanol–water partition coefficient (Wildman–Crippen LogP) is 4.30. The van der Waals surface area contributed by atoms with Gasteiger partial charge in [-0.3, -0.25) is 0 Å². The van der Waals surface area contributed by atoms with Gasteiger partial charge < -0.3 is 14.8 Å². The van der Waals surface area contributed by atoms with Crippen molar-refractivity contribution in [2.45, 2.75) is 47.0 Å². The average molecular weight is 307 g/mol. The molecule has 0 fully saturated rings. The first-order valence-corrected chi connectivity index (χ1v) is 8.27. The van der Waals surface area contributed by atoms with Crippen LogP contribution in [0.1, 0.15) is 46.1 Å². The summed E-state index contributed by atoms with van der Waals surface area (Å²) >= 11 is 0. The Bertz CT molecular complexity index is 438. The quantitative estimate of drug-likeness (QED) is 0.690. The monoisotopic (exact) mass is 307 g/mol. The molecule has 1 atom stereocenters. The summed E-state index contributed by atoms with van der Waals surface area (Å²) in [6, 6.07) is 6.13. The smallest absolute Gasteiger partial charge is 0.160 e. The van der Waals surface area contributed by atoms with Crippen molar-refractivity contribution in [1.82, 2.24) is 5.32 Å². The molecule has 0 spiro atoms. The summed E-state index contributed by atoms with van der Waals surface area (Å²) in [5.41, 5.74) is 1.70. The Morgan fingerprint density at radius 3 is 2.32 bits per heavy atom. The molecular weight excluding hydrogens is 274 g/mol. The maximum Gasteiger partial charge on any atom is 0.160 e. The number of methoxy groups -OCH3 is 2. The Hall–Kier alpha value is -1.22. The Morgan fingerprint density at radius 1 is 1.05 bits per heavy atom. The van der Waals surface area contributed by atoms with E-state index in [0.29, 0.717) is 5.41 Å². The Labute approximate surface area is 136 Å². The van der Waals surface area contributed by atoms with Gasteiger partial charge in [-0.25, -0.2) is 0 Å². The van der Waals surface area contributed by atoms with Crippen molar-refractivity contribution in [1.29, 1.82) is 0 Å². The first-order valence-electron chi connectivity index (χ1n) is 8.27. The standard InChI is InChI=1S/C19H33NO2/c1-15(14-19(2,3)4)9-11-20-12-10-16-7-8-17(21-5)18(13-16)22-6/h7-8,13,15,20H,9-12,14H2,1-6H3/t15-/m0/s1. The minimum absolute atomic E-state index is 0.430. The van der Waals surface area contributed by atoms with Crippen LogP contribution in [-0.4, -0.2) is 27.3 Å². The predicted molar refractivity (Wildman–Crippen MR) is 94.0 cm³/mol. The van der Waals surface area contributed by atoms with Gasteiger partial charge in [-0.05, 0) is 61.4 Å². The van der Waals surface area contributed by atoms with Gasteiger partial charge in [0, 0.05) is 0 Å². The number of hydrogen-bond acceptors (Lipinski definition) is 3. The maximum absolute atomic E-state index is 5.34. The molecule has 0 saturated carbocycles. The summed E-state index contributed by atoms with van der Waals surface area (Å²) in [5.74, 6) is 2.36. The lowest BCUT2D eigenvalue weighted by Gasteiger charge is -2.23. The van der Waals surface area contributed by atoms with Crippen molar-refractivity contribution in [3.8, 4) is 11.5 Å². The van der Waals surface area contributed by atoms with E-state index >= 15 is 0 Å². The van der Waals surface area contributed by atoms with E-state index in [-0.39, 0.29) is 0 Å². The Balaban J connectivity index is 2.27. The van der Waals surface area contributed by atoms with E-state index in [0.717, 1.165) is 36.9 Å². The molecule has 3 heteroatoms. The minimum atomic E-state index is 0.430. The number of benzene rings is 1. The summed E-state index contributed by atoms with van der Waals surface area (Å²) in [6.45, 7) is 11.4. The van der Waals surface area contributed by atoms with Crippen LogP contribution >= 0.6 is 0 Å². The SMILES string of the molecule is COc1ccc(CCNCC[C@H](C)CC(C)(C)C)cc1OC. The first kappa shape index (κ1) is 18.8. The molecule has 0 aliphatic carbocycles. The molecular formula is C19H33NO2. The third kappa shape index (κ3) is 7.17. The Kier molecular flexibility index (Phi) is 7.74. The molecule has 3 nitrogen and oxygen atoms in total. The molecule has 0 aliphatic rings. The fraction of sp³-hybridized carbons (Fsp3) is 0.684. The number of hydrogen-bond donors (Lipinski definition) is 1. The largest absolute Gasteiger partial charge is 0.493 e. The lowest BCUT2D eigenvalue weighted by Crippen LogP contribution is -2.21. The molecule has 126 valence electrons. The van der Waals surface area contributed by atoms with Crippen LogP contribution in [0.3, 0.4) is 0 Å². The van der Waals surface area contributed by atoms with Gasteiger partial charge in [0.05, 0.1) is 14.2 Å². The fourth-order valence-corrected chi connectivity index (χ4v) is 2.89. The highest BCUT2D eigenvalue weighted by atomic mass is 16.5. The average Bonchev–Trinajstić information content (AvgIpc) is 2.44. The summed E-state index contributed by atoms with van der Waals surface area (Å²) in [6.07, 6.45) is 3.53. The van der Waals surface area contributed by atoms with E-state index in [9.17, 15) is 0 Å². The van der Waals surface area contributed by atoms with Gasteiger partial charge in [0.1, 0.15) is 0 Å². The summed E-state index contributed by atoms with van der Waals surface area (Å²) in [4.78, 5) is 0. The molecule has 1 aromatic carbocycles. The second-order valence-corrected chi connectivity index (χ2v) is 7.35. The van der Waals surface area contributed by atoms with Crippen LogP contribution < -0.4 is 14.8 Å². The van der Waals surface area contributed by atoms with Crippen molar-refractivity contribution in [2.24, 2.45) is 11.3 Å². The Morgan fingerprint density at radius 2 is 1.73 bits per heavy atom. The summed E-state index contributed by atoms with van der Waals surface area (Å²) in [7, 11) is 3.34. The second-order valence-electron chi connectivity index (χ2n) is 7.35. The van der Waals surface area contributed by atoms with E-state index in [2.05, 4.69) is 45.1 Å². The van der Waals surface area contributed by atoms with Gasteiger partial charge in [-0.1, -0.05) is 33.8 Å². The van der Waals surface area contributed by atoms with E-state index in [1.54, 1.807) is 14.2 Å². The van der Waals surface area contributed by atoms with E-state index in [4.69, 9.17) is 9.47 Å². The van der Waals surface area contributed by atoms with Crippen molar-refractivity contribution < 1.29 is 9.47 Å². The number of rotatable bonds is 9. The normalized spacial score (nSPS) is 13.0. The van der Waals surface area contributed by atoms with Crippen LogP contribution in [0.15, 0.2) is 18.2 Å². The lowest BCUT2D eigenvalue weighted by molar-refractivity contribution is 0.295. The molecule has 1 N–H and O–H groups in total. The van der Waals surface area contributed by atoms with Crippen LogP contribution in [0.25, 0.3) is 0 Å². The minimum Gasteiger partial charge on any atom is -0.493 e.